The van der Waals surface area contributed by atoms with Crippen molar-refractivity contribution in [2.45, 2.75) is 42.6 Å². The molecular weight excluding hydrogens is 501 g/mol. The van der Waals surface area contributed by atoms with Crippen molar-refractivity contribution in [3.05, 3.63) is 65.7 Å². The van der Waals surface area contributed by atoms with Crippen LogP contribution in [0.1, 0.15) is 31.0 Å². The summed E-state index contributed by atoms with van der Waals surface area (Å²) in [7, 11) is 0. The number of carbonyl (C=O) groups excluding carboxylic acids is 2. The van der Waals surface area contributed by atoms with Crippen LogP contribution in [0.3, 0.4) is 0 Å². The van der Waals surface area contributed by atoms with Gasteiger partial charge in [0.05, 0.1) is 12.5 Å². The molecule has 2 N–H and O–H groups in total. The molecular formula is C25H28N4O3S3. The van der Waals surface area contributed by atoms with Gasteiger partial charge in [0, 0.05) is 17.8 Å². The Labute approximate surface area is 219 Å². The number of thioether (sulfide) groups is 2. The van der Waals surface area contributed by atoms with Gasteiger partial charge in [-0.2, -0.15) is 0 Å². The number of thiocarbonyl (C=S) groups is 1. The summed E-state index contributed by atoms with van der Waals surface area (Å²) in [6, 6.07) is 15.7. The molecule has 7 nitrogen and oxygen atoms in total. The smallest absolute Gasteiger partial charge is 0.249 e. The summed E-state index contributed by atoms with van der Waals surface area (Å²) in [5.41, 5.74) is 1.90. The fourth-order valence-corrected chi connectivity index (χ4v) is 7.36. The van der Waals surface area contributed by atoms with Crippen LogP contribution in [-0.4, -0.2) is 71.2 Å². The molecule has 5 rings (SSSR count). The maximum atomic E-state index is 13.7. The van der Waals surface area contributed by atoms with E-state index < -0.39 is 12.1 Å². The molecule has 3 fully saturated rings. The molecule has 3 heterocycles. The molecule has 2 amide bonds. The SMILES string of the molecule is CC1(C)CN2C(=O)C(NC(=O)C(c3ccc(O)cc3)N3CSC(=S)N(Cc4ccccc4)C3)C2S1. The fraction of sp³-hybridized carbons (Fsp3) is 0.400. The highest BCUT2D eigenvalue weighted by Crippen LogP contribution is 2.46. The third-order valence-corrected chi connectivity index (χ3v) is 9.55. The number of phenolic OH excluding ortho intramolecular Hbond substituents is 1. The summed E-state index contributed by atoms with van der Waals surface area (Å²) >= 11 is 8.89. The van der Waals surface area contributed by atoms with E-state index in [2.05, 4.69) is 41.1 Å². The van der Waals surface area contributed by atoms with Crippen molar-refractivity contribution in [1.29, 1.82) is 0 Å². The minimum atomic E-state index is -0.620. The highest BCUT2D eigenvalue weighted by Gasteiger charge is 2.56. The highest BCUT2D eigenvalue weighted by molar-refractivity contribution is 8.22. The average molecular weight is 529 g/mol. The first-order chi connectivity index (χ1) is 16.7. The van der Waals surface area contributed by atoms with E-state index in [9.17, 15) is 14.7 Å². The molecule has 0 radical (unpaired) electrons. The molecule has 10 heteroatoms. The quantitative estimate of drug-likeness (QED) is 0.437. The van der Waals surface area contributed by atoms with Crippen molar-refractivity contribution >= 4 is 51.9 Å². The summed E-state index contributed by atoms with van der Waals surface area (Å²) in [4.78, 5) is 32.5. The molecule has 0 spiro atoms. The van der Waals surface area contributed by atoms with Gasteiger partial charge in [-0.05, 0) is 37.1 Å². The Morgan fingerprint density at radius 1 is 1.20 bits per heavy atom. The van der Waals surface area contributed by atoms with E-state index >= 15 is 0 Å². The molecule has 2 aromatic carbocycles. The third-order valence-electron chi connectivity index (χ3n) is 6.43. The third kappa shape index (κ3) is 5.02. The molecule has 35 heavy (non-hydrogen) atoms. The first-order valence-electron chi connectivity index (χ1n) is 11.5. The zero-order valence-corrected chi connectivity index (χ0v) is 22.0. The highest BCUT2D eigenvalue weighted by atomic mass is 32.2. The van der Waals surface area contributed by atoms with Crippen molar-refractivity contribution in [1.82, 2.24) is 20.0 Å². The van der Waals surface area contributed by atoms with Crippen LogP contribution in [0.4, 0.5) is 0 Å². The van der Waals surface area contributed by atoms with Gasteiger partial charge in [0.1, 0.15) is 27.5 Å². The second-order valence-electron chi connectivity index (χ2n) is 9.67. The second kappa shape index (κ2) is 9.65. The van der Waals surface area contributed by atoms with Gasteiger partial charge in [0.25, 0.3) is 0 Å². The fourth-order valence-electron chi connectivity index (χ4n) is 4.77. The van der Waals surface area contributed by atoms with Crippen molar-refractivity contribution in [2.75, 3.05) is 19.1 Å². The van der Waals surface area contributed by atoms with Crippen LogP contribution in [0.5, 0.6) is 5.75 Å². The standard InChI is InChI=1S/C25H28N4O3S3/c1-25(2)13-29-22(32)19(23(29)35-25)26-21(31)20(17-8-10-18(30)11-9-17)28-14-27(24(33)34-15-28)12-16-6-4-3-5-7-16/h3-11,19-20,23,30H,12-15H2,1-2H3,(H,26,31). The van der Waals surface area contributed by atoms with E-state index in [-0.39, 0.29) is 27.7 Å². The molecule has 184 valence electrons. The molecule has 3 aliphatic heterocycles. The number of hydrogen-bond donors (Lipinski definition) is 2. The number of fused-ring (bicyclic) bond motifs is 1. The average Bonchev–Trinajstić information content (AvgIpc) is 3.13. The topological polar surface area (TPSA) is 76.1 Å². The molecule has 3 unspecified atom stereocenters. The number of hydrogen-bond acceptors (Lipinski definition) is 7. The summed E-state index contributed by atoms with van der Waals surface area (Å²) in [6.45, 7) is 6.07. The predicted molar refractivity (Wildman–Crippen MR) is 144 cm³/mol. The number of rotatable bonds is 6. The van der Waals surface area contributed by atoms with E-state index in [4.69, 9.17) is 12.2 Å². The van der Waals surface area contributed by atoms with Gasteiger partial charge < -0.3 is 20.2 Å². The number of aromatic hydroxyl groups is 1. The maximum Gasteiger partial charge on any atom is 0.249 e. The number of β-lactam (4-membered cyclic amide) rings is 1. The van der Waals surface area contributed by atoms with Gasteiger partial charge in [-0.15, -0.1) is 11.8 Å². The lowest BCUT2D eigenvalue weighted by Crippen LogP contribution is -2.68. The number of carbonyl (C=O) groups is 2. The summed E-state index contributed by atoms with van der Waals surface area (Å²) in [5.74, 6) is 0.457. The number of amides is 2. The van der Waals surface area contributed by atoms with Gasteiger partial charge in [-0.1, -0.05) is 66.4 Å². The maximum absolute atomic E-state index is 13.7. The van der Waals surface area contributed by atoms with Crippen LogP contribution in [0.2, 0.25) is 0 Å². The molecule has 0 bridgehead atoms. The normalized spacial score (nSPS) is 24.6. The number of benzene rings is 2. The molecule has 2 aromatic rings. The Balaban J connectivity index is 1.36. The van der Waals surface area contributed by atoms with Gasteiger partial charge in [0.15, 0.2) is 0 Å². The van der Waals surface area contributed by atoms with Gasteiger partial charge in [0.2, 0.25) is 11.8 Å². The van der Waals surface area contributed by atoms with Crippen molar-refractivity contribution in [3.8, 4) is 5.75 Å². The van der Waals surface area contributed by atoms with E-state index in [0.29, 0.717) is 25.6 Å². The van der Waals surface area contributed by atoms with Gasteiger partial charge in [-0.25, -0.2) is 0 Å². The second-order valence-corrected chi connectivity index (χ2v) is 13.1. The van der Waals surface area contributed by atoms with Crippen LogP contribution < -0.4 is 5.32 Å². The lowest BCUT2D eigenvalue weighted by Gasteiger charge is -2.44. The van der Waals surface area contributed by atoms with Crippen LogP contribution in [0.15, 0.2) is 54.6 Å². The van der Waals surface area contributed by atoms with Crippen LogP contribution >= 0.6 is 35.7 Å². The number of nitrogens with zero attached hydrogens (tertiary/aromatic N) is 3. The zero-order valence-electron chi connectivity index (χ0n) is 19.6. The van der Waals surface area contributed by atoms with Gasteiger partial charge in [-0.3, -0.25) is 14.5 Å². The van der Waals surface area contributed by atoms with Crippen molar-refractivity contribution in [2.24, 2.45) is 0 Å². The number of phenols is 1. The van der Waals surface area contributed by atoms with E-state index in [1.807, 2.05) is 23.1 Å². The monoisotopic (exact) mass is 528 g/mol. The van der Waals surface area contributed by atoms with E-state index in [1.165, 1.54) is 11.8 Å². The first kappa shape index (κ1) is 24.4. The molecule has 3 atom stereocenters. The Morgan fingerprint density at radius 3 is 2.63 bits per heavy atom. The van der Waals surface area contributed by atoms with Crippen LogP contribution in [-0.2, 0) is 16.1 Å². The molecule has 3 saturated heterocycles. The molecule has 3 aliphatic rings. The van der Waals surface area contributed by atoms with Crippen LogP contribution in [0, 0.1) is 0 Å². The first-order valence-corrected chi connectivity index (χ1v) is 13.8. The Kier molecular flexibility index (Phi) is 6.73. The Morgan fingerprint density at radius 2 is 1.91 bits per heavy atom. The van der Waals surface area contributed by atoms with E-state index in [1.54, 1.807) is 36.0 Å². The Bertz CT molecular complexity index is 1130. The molecule has 0 aliphatic carbocycles. The number of nitrogens with one attached hydrogen (secondary N) is 1. The van der Waals surface area contributed by atoms with Crippen molar-refractivity contribution < 1.29 is 14.7 Å². The van der Waals surface area contributed by atoms with Gasteiger partial charge >= 0.3 is 0 Å². The zero-order chi connectivity index (χ0) is 24.7. The summed E-state index contributed by atoms with van der Waals surface area (Å²) < 4.78 is 0.775. The molecule has 0 aromatic heterocycles. The Hall–Kier alpha value is -2.27. The lowest BCUT2D eigenvalue weighted by atomic mass is 10.0. The largest absolute Gasteiger partial charge is 0.508 e. The van der Waals surface area contributed by atoms with Crippen LogP contribution in [0.25, 0.3) is 0 Å². The predicted octanol–water partition coefficient (Wildman–Crippen LogP) is 3.36. The van der Waals surface area contributed by atoms with E-state index in [0.717, 1.165) is 15.4 Å². The summed E-state index contributed by atoms with van der Waals surface area (Å²) in [5, 5.41) is 12.8. The summed E-state index contributed by atoms with van der Waals surface area (Å²) in [6.07, 6.45) is 0. The minimum absolute atomic E-state index is 0.0205. The molecule has 0 saturated carbocycles. The lowest BCUT2D eigenvalue weighted by molar-refractivity contribution is -0.149. The van der Waals surface area contributed by atoms with Crippen molar-refractivity contribution in [3.63, 3.8) is 0 Å². The minimum Gasteiger partial charge on any atom is -0.508 e.